The molecule has 4 heteroatoms. The van der Waals surface area contributed by atoms with Gasteiger partial charge in [-0.25, -0.2) is 0 Å². The first-order chi connectivity index (χ1) is 7.11. The van der Waals surface area contributed by atoms with Gasteiger partial charge >= 0.3 is 0 Å². The zero-order chi connectivity index (χ0) is 10.9. The van der Waals surface area contributed by atoms with Crippen LogP contribution in [0.3, 0.4) is 0 Å². The lowest BCUT2D eigenvalue weighted by molar-refractivity contribution is -0.0978. The smallest absolute Gasteiger partial charge is 0.287 e. The summed E-state index contributed by atoms with van der Waals surface area (Å²) in [4.78, 5) is 11.7. The van der Waals surface area contributed by atoms with Crippen molar-refractivity contribution >= 4 is 5.91 Å². The van der Waals surface area contributed by atoms with E-state index in [0.29, 0.717) is 25.5 Å². The Morgan fingerprint density at radius 3 is 2.80 bits per heavy atom. The molecule has 1 fully saturated rings. The fourth-order valence-corrected chi connectivity index (χ4v) is 1.53. The molecule has 0 spiro atoms. The Morgan fingerprint density at radius 1 is 1.60 bits per heavy atom. The van der Waals surface area contributed by atoms with Gasteiger partial charge in [0.05, 0.1) is 19.5 Å². The molecule has 0 bridgehead atoms. The van der Waals surface area contributed by atoms with Crippen molar-refractivity contribution in [3.05, 3.63) is 23.7 Å². The van der Waals surface area contributed by atoms with Gasteiger partial charge in [0.1, 0.15) is 0 Å². The number of carbonyl (C=O) groups is 1. The fraction of sp³-hybridized carbons (Fsp3) is 0.545. The van der Waals surface area contributed by atoms with Crippen LogP contribution in [-0.4, -0.2) is 25.7 Å². The summed E-state index contributed by atoms with van der Waals surface area (Å²) < 4.78 is 10.2. The SMILES string of the molecule is Cc1ccoc1C(=O)NCC1(C)COC1. The third-order valence-electron chi connectivity index (χ3n) is 2.65. The van der Waals surface area contributed by atoms with Gasteiger partial charge in [0.2, 0.25) is 0 Å². The van der Waals surface area contributed by atoms with Gasteiger partial charge in [-0.1, -0.05) is 6.92 Å². The molecule has 0 unspecified atom stereocenters. The van der Waals surface area contributed by atoms with Crippen LogP contribution in [0.2, 0.25) is 0 Å². The average molecular weight is 209 g/mol. The van der Waals surface area contributed by atoms with Gasteiger partial charge in [-0.2, -0.15) is 0 Å². The molecule has 82 valence electrons. The number of aryl methyl sites for hydroxylation is 1. The molecular weight excluding hydrogens is 194 g/mol. The van der Waals surface area contributed by atoms with Crippen LogP contribution < -0.4 is 5.32 Å². The van der Waals surface area contributed by atoms with Gasteiger partial charge in [0, 0.05) is 17.5 Å². The first-order valence-corrected chi connectivity index (χ1v) is 5.01. The molecule has 1 saturated heterocycles. The normalized spacial score (nSPS) is 18.3. The summed E-state index contributed by atoms with van der Waals surface area (Å²) in [5.74, 6) is 0.254. The molecule has 2 rings (SSSR count). The third-order valence-corrected chi connectivity index (χ3v) is 2.65. The highest BCUT2D eigenvalue weighted by molar-refractivity contribution is 5.92. The van der Waals surface area contributed by atoms with Crippen molar-refractivity contribution in [2.45, 2.75) is 13.8 Å². The average Bonchev–Trinajstić information content (AvgIpc) is 2.58. The molecule has 1 amide bonds. The maximum atomic E-state index is 11.7. The predicted octanol–water partition coefficient (Wildman–Crippen LogP) is 1.35. The monoisotopic (exact) mass is 209 g/mol. The molecule has 0 aromatic carbocycles. The standard InChI is InChI=1S/C11H15NO3/c1-8-3-4-15-9(8)10(13)12-5-11(2)6-14-7-11/h3-4H,5-7H2,1-2H3,(H,12,13). The van der Waals surface area contributed by atoms with E-state index in [4.69, 9.17) is 9.15 Å². The summed E-state index contributed by atoms with van der Waals surface area (Å²) in [7, 11) is 0. The Hall–Kier alpha value is -1.29. The Labute approximate surface area is 88.6 Å². The van der Waals surface area contributed by atoms with Crippen molar-refractivity contribution in [1.29, 1.82) is 0 Å². The lowest BCUT2D eigenvalue weighted by atomic mass is 9.89. The molecule has 1 aliphatic rings. The van der Waals surface area contributed by atoms with E-state index in [0.717, 1.165) is 5.56 Å². The number of carbonyl (C=O) groups excluding carboxylic acids is 1. The molecule has 1 aromatic heterocycles. The van der Waals surface area contributed by atoms with E-state index in [-0.39, 0.29) is 11.3 Å². The molecule has 0 radical (unpaired) electrons. The summed E-state index contributed by atoms with van der Waals surface area (Å²) >= 11 is 0. The van der Waals surface area contributed by atoms with E-state index in [1.54, 1.807) is 6.07 Å². The van der Waals surface area contributed by atoms with E-state index in [2.05, 4.69) is 12.2 Å². The first-order valence-electron chi connectivity index (χ1n) is 5.01. The van der Waals surface area contributed by atoms with Gasteiger partial charge in [0.15, 0.2) is 5.76 Å². The highest BCUT2D eigenvalue weighted by Gasteiger charge is 2.33. The van der Waals surface area contributed by atoms with Crippen LogP contribution in [0.5, 0.6) is 0 Å². The minimum absolute atomic E-state index is 0.0934. The van der Waals surface area contributed by atoms with Crippen LogP contribution in [0.4, 0.5) is 0 Å². The second-order valence-corrected chi connectivity index (χ2v) is 4.42. The molecule has 0 saturated carbocycles. The Kier molecular flexibility index (Phi) is 2.52. The van der Waals surface area contributed by atoms with Crippen LogP contribution >= 0.6 is 0 Å². The summed E-state index contributed by atoms with van der Waals surface area (Å²) in [6.45, 7) is 6.00. The molecule has 2 heterocycles. The highest BCUT2D eigenvalue weighted by atomic mass is 16.5. The van der Waals surface area contributed by atoms with Gasteiger partial charge in [-0.3, -0.25) is 4.79 Å². The summed E-state index contributed by atoms with van der Waals surface area (Å²) in [6, 6.07) is 1.78. The fourth-order valence-electron chi connectivity index (χ4n) is 1.53. The lowest BCUT2D eigenvalue weighted by Crippen LogP contribution is -2.48. The number of furan rings is 1. The van der Waals surface area contributed by atoms with E-state index < -0.39 is 0 Å². The van der Waals surface area contributed by atoms with Crippen molar-refractivity contribution in [2.24, 2.45) is 5.41 Å². The number of hydrogen-bond acceptors (Lipinski definition) is 3. The molecule has 1 aliphatic heterocycles. The van der Waals surface area contributed by atoms with E-state index in [1.807, 2.05) is 6.92 Å². The van der Waals surface area contributed by atoms with Crippen LogP contribution in [0.25, 0.3) is 0 Å². The number of amides is 1. The van der Waals surface area contributed by atoms with Crippen molar-refractivity contribution < 1.29 is 13.9 Å². The molecule has 0 aliphatic carbocycles. The minimum Gasteiger partial charge on any atom is -0.459 e. The van der Waals surface area contributed by atoms with Crippen LogP contribution in [0.1, 0.15) is 23.0 Å². The quantitative estimate of drug-likeness (QED) is 0.817. The van der Waals surface area contributed by atoms with Crippen molar-refractivity contribution in [3.8, 4) is 0 Å². The molecule has 15 heavy (non-hydrogen) atoms. The maximum Gasteiger partial charge on any atom is 0.287 e. The van der Waals surface area contributed by atoms with Crippen LogP contribution in [0, 0.1) is 12.3 Å². The second-order valence-electron chi connectivity index (χ2n) is 4.42. The zero-order valence-electron chi connectivity index (χ0n) is 9.00. The number of hydrogen-bond donors (Lipinski definition) is 1. The Balaban J connectivity index is 1.90. The summed E-state index contributed by atoms with van der Waals surface area (Å²) in [5.41, 5.74) is 0.957. The summed E-state index contributed by atoms with van der Waals surface area (Å²) in [6.07, 6.45) is 1.53. The molecule has 4 nitrogen and oxygen atoms in total. The van der Waals surface area contributed by atoms with Crippen molar-refractivity contribution in [3.63, 3.8) is 0 Å². The highest BCUT2D eigenvalue weighted by Crippen LogP contribution is 2.25. The van der Waals surface area contributed by atoms with E-state index in [1.165, 1.54) is 6.26 Å². The summed E-state index contributed by atoms with van der Waals surface area (Å²) in [5, 5.41) is 2.86. The number of nitrogens with one attached hydrogen (secondary N) is 1. The maximum absolute atomic E-state index is 11.7. The Bertz CT molecular complexity index is 366. The first kappa shape index (κ1) is 10.2. The van der Waals surface area contributed by atoms with E-state index in [9.17, 15) is 4.79 Å². The topological polar surface area (TPSA) is 51.5 Å². The van der Waals surface area contributed by atoms with Crippen molar-refractivity contribution in [1.82, 2.24) is 5.32 Å². The minimum atomic E-state index is -0.148. The van der Waals surface area contributed by atoms with Gasteiger partial charge in [-0.05, 0) is 13.0 Å². The molecule has 1 N–H and O–H groups in total. The third kappa shape index (κ3) is 2.04. The van der Waals surface area contributed by atoms with Crippen LogP contribution in [-0.2, 0) is 4.74 Å². The van der Waals surface area contributed by atoms with Crippen molar-refractivity contribution in [2.75, 3.05) is 19.8 Å². The second kappa shape index (κ2) is 3.70. The molecule has 0 atom stereocenters. The molecule has 1 aromatic rings. The lowest BCUT2D eigenvalue weighted by Gasteiger charge is -2.37. The van der Waals surface area contributed by atoms with Gasteiger partial charge in [0.25, 0.3) is 5.91 Å². The zero-order valence-corrected chi connectivity index (χ0v) is 9.00. The number of ether oxygens (including phenoxy) is 1. The van der Waals surface area contributed by atoms with E-state index >= 15 is 0 Å². The number of rotatable bonds is 3. The van der Waals surface area contributed by atoms with Gasteiger partial charge < -0.3 is 14.5 Å². The van der Waals surface area contributed by atoms with Crippen LogP contribution in [0.15, 0.2) is 16.7 Å². The predicted molar refractivity (Wildman–Crippen MR) is 54.7 cm³/mol. The largest absolute Gasteiger partial charge is 0.459 e. The van der Waals surface area contributed by atoms with Gasteiger partial charge in [-0.15, -0.1) is 0 Å². The Morgan fingerprint density at radius 2 is 2.33 bits per heavy atom. The molecular formula is C11H15NO3.